The van der Waals surface area contributed by atoms with E-state index in [2.05, 4.69) is 5.32 Å². The predicted octanol–water partition coefficient (Wildman–Crippen LogP) is 1.79. The van der Waals surface area contributed by atoms with Gasteiger partial charge in [-0.1, -0.05) is 12.1 Å². The Morgan fingerprint density at radius 1 is 1.40 bits per heavy atom. The van der Waals surface area contributed by atoms with E-state index >= 15 is 0 Å². The van der Waals surface area contributed by atoms with E-state index in [4.69, 9.17) is 0 Å². The summed E-state index contributed by atoms with van der Waals surface area (Å²) in [4.78, 5) is 0. The molecule has 3 heteroatoms. The topological polar surface area (TPSA) is 32.3 Å². The van der Waals surface area contributed by atoms with Crippen LogP contribution in [0, 0.1) is 5.82 Å². The maximum atomic E-state index is 13.1. The van der Waals surface area contributed by atoms with Crippen molar-refractivity contribution >= 4 is 0 Å². The normalized spacial score (nSPS) is 26.5. The third-order valence-electron chi connectivity index (χ3n) is 3.14. The number of benzene rings is 1. The van der Waals surface area contributed by atoms with Crippen LogP contribution in [0.1, 0.15) is 24.8 Å². The van der Waals surface area contributed by atoms with Crippen LogP contribution in [-0.2, 0) is 5.54 Å². The molecule has 0 spiro atoms. The molecule has 1 fully saturated rings. The third-order valence-corrected chi connectivity index (χ3v) is 3.14. The summed E-state index contributed by atoms with van der Waals surface area (Å²) in [5, 5.41) is 12.8. The lowest BCUT2D eigenvalue weighted by Gasteiger charge is -2.37. The minimum absolute atomic E-state index is 0.0243. The Hall–Kier alpha value is -0.930. The minimum Gasteiger partial charge on any atom is -0.394 e. The second kappa shape index (κ2) is 4.29. The monoisotopic (exact) mass is 209 g/mol. The smallest absolute Gasteiger partial charge is 0.123 e. The zero-order valence-corrected chi connectivity index (χ0v) is 8.67. The van der Waals surface area contributed by atoms with Crippen molar-refractivity contribution in [2.75, 3.05) is 13.2 Å². The van der Waals surface area contributed by atoms with Crippen molar-refractivity contribution < 1.29 is 9.50 Å². The van der Waals surface area contributed by atoms with Gasteiger partial charge in [0, 0.05) is 0 Å². The first kappa shape index (κ1) is 10.6. The van der Waals surface area contributed by atoms with E-state index in [0.29, 0.717) is 0 Å². The summed E-state index contributed by atoms with van der Waals surface area (Å²) >= 11 is 0. The van der Waals surface area contributed by atoms with Gasteiger partial charge in [-0.2, -0.15) is 0 Å². The van der Waals surface area contributed by atoms with E-state index in [1.165, 1.54) is 12.1 Å². The molecule has 1 heterocycles. The predicted molar refractivity (Wildman–Crippen MR) is 57.0 cm³/mol. The summed E-state index contributed by atoms with van der Waals surface area (Å²) < 4.78 is 13.1. The van der Waals surface area contributed by atoms with E-state index in [1.54, 1.807) is 6.07 Å². The minimum atomic E-state index is -0.430. The van der Waals surface area contributed by atoms with Crippen molar-refractivity contribution in [2.24, 2.45) is 0 Å². The van der Waals surface area contributed by atoms with Crippen LogP contribution in [-0.4, -0.2) is 18.3 Å². The lowest BCUT2D eigenvalue weighted by atomic mass is 9.83. The van der Waals surface area contributed by atoms with Crippen LogP contribution >= 0.6 is 0 Å². The van der Waals surface area contributed by atoms with Crippen LogP contribution in [0.4, 0.5) is 4.39 Å². The highest BCUT2D eigenvalue weighted by molar-refractivity contribution is 5.26. The van der Waals surface area contributed by atoms with Gasteiger partial charge in [-0.05, 0) is 43.5 Å². The molecule has 2 N–H and O–H groups in total. The van der Waals surface area contributed by atoms with Crippen molar-refractivity contribution in [2.45, 2.75) is 24.8 Å². The van der Waals surface area contributed by atoms with Crippen LogP contribution < -0.4 is 5.32 Å². The van der Waals surface area contributed by atoms with Gasteiger partial charge < -0.3 is 10.4 Å². The Labute approximate surface area is 89.1 Å². The summed E-state index contributed by atoms with van der Waals surface area (Å²) in [6.45, 7) is 0.910. The molecule has 1 saturated heterocycles. The van der Waals surface area contributed by atoms with Crippen molar-refractivity contribution in [1.82, 2.24) is 5.32 Å². The number of piperidine rings is 1. The molecule has 1 aromatic carbocycles. The fourth-order valence-corrected chi connectivity index (χ4v) is 2.23. The van der Waals surface area contributed by atoms with Gasteiger partial charge >= 0.3 is 0 Å². The molecular formula is C12H16FNO. The molecule has 1 aliphatic rings. The number of aliphatic hydroxyl groups excluding tert-OH is 1. The molecule has 1 unspecified atom stereocenters. The summed E-state index contributed by atoms with van der Waals surface area (Å²) in [7, 11) is 0. The molecule has 0 saturated carbocycles. The molecule has 2 nitrogen and oxygen atoms in total. The Bertz CT molecular complexity index is 334. The van der Waals surface area contributed by atoms with Crippen LogP contribution in [0.2, 0.25) is 0 Å². The third kappa shape index (κ3) is 2.03. The van der Waals surface area contributed by atoms with E-state index in [0.717, 1.165) is 31.4 Å². The maximum absolute atomic E-state index is 13.1. The summed E-state index contributed by atoms with van der Waals surface area (Å²) in [5.41, 5.74) is 0.421. The molecule has 82 valence electrons. The molecule has 1 atom stereocenters. The van der Waals surface area contributed by atoms with Crippen LogP contribution in [0.15, 0.2) is 24.3 Å². The largest absolute Gasteiger partial charge is 0.394 e. The second-order valence-corrected chi connectivity index (χ2v) is 4.13. The molecule has 1 aliphatic heterocycles. The van der Waals surface area contributed by atoms with E-state index in [-0.39, 0.29) is 12.4 Å². The highest BCUT2D eigenvalue weighted by Gasteiger charge is 2.32. The Morgan fingerprint density at radius 3 is 2.87 bits per heavy atom. The SMILES string of the molecule is OCC1(c2cccc(F)c2)CCCCN1. The summed E-state index contributed by atoms with van der Waals surface area (Å²) in [5.74, 6) is -0.243. The van der Waals surface area contributed by atoms with E-state index in [9.17, 15) is 9.50 Å². The van der Waals surface area contributed by atoms with Crippen molar-refractivity contribution in [3.8, 4) is 0 Å². The molecule has 0 amide bonds. The Kier molecular flexibility index (Phi) is 3.03. The van der Waals surface area contributed by atoms with Crippen molar-refractivity contribution in [1.29, 1.82) is 0 Å². The number of rotatable bonds is 2. The average Bonchev–Trinajstić information content (AvgIpc) is 2.30. The fourth-order valence-electron chi connectivity index (χ4n) is 2.23. The van der Waals surface area contributed by atoms with Gasteiger partial charge in [-0.15, -0.1) is 0 Å². The van der Waals surface area contributed by atoms with Gasteiger partial charge in [-0.25, -0.2) is 4.39 Å². The lowest BCUT2D eigenvalue weighted by molar-refractivity contribution is 0.131. The van der Waals surface area contributed by atoms with Crippen molar-refractivity contribution in [3.05, 3.63) is 35.6 Å². The number of aliphatic hydroxyl groups is 1. The van der Waals surface area contributed by atoms with E-state index in [1.807, 2.05) is 6.07 Å². The standard InChI is InChI=1S/C12H16FNO/c13-11-5-3-4-10(8-11)12(9-15)6-1-2-7-14-12/h3-5,8,14-15H,1-2,6-7,9H2. The molecule has 0 aromatic heterocycles. The van der Waals surface area contributed by atoms with Gasteiger partial charge in [0.15, 0.2) is 0 Å². The number of hydrogen-bond donors (Lipinski definition) is 2. The zero-order valence-electron chi connectivity index (χ0n) is 8.67. The molecule has 2 rings (SSSR count). The molecule has 0 aliphatic carbocycles. The quantitative estimate of drug-likeness (QED) is 0.778. The van der Waals surface area contributed by atoms with Gasteiger partial charge in [-0.3, -0.25) is 0 Å². The lowest BCUT2D eigenvalue weighted by Crippen LogP contribution is -2.48. The number of halogens is 1. The molecule has 15 heavy (non-hydrogen) atoms. The first-order chi connectivity index (χ1) is 7.27. The van der Waals surface area contributed by atoms with Crippen LogP contribution in [0.25, 0.3) is 0 Å². The Balaban J connectivity index is 2.32. The van der Waals surface area contributed by atoms with Crippen LogP contribution in [0.3, 0.4) is 0 Å². The summed E-state index contributed by atoms with van der Waals surface area (Å²) in [6, 6.07) is 6.50. The number of nitrogens with one attached hydrogen (secondary N) is 1. The second-order valence-electron chi connectivity index (χ2n) is 4.13. The highest BCUT2D eigenvalue weighted by atomic mass is 19.1. The van der Waals surface area contributed by atoms with Gasteiger partial charge in [0.1, 0.15) is 5.82 Å². The average molecular weight is 209 g/mol. The Morgan fingerprint density at radius 2 is 2.27 bits per heavy atom. The van der Waals surface area contributed by atoms with Crippen molar-refractivity contribution in [3.63, 3.8) is 0 Å². The highest BCUT2D eigenvalue weighted by Crippen LogP contribution is 2.30. The maximum Gasteiger partial charge on any atom is 0.123 e. The summed E-state index contributed by atoms with van der Waals surface area (Å²) in [6.07, 6.45) is 3.06. The molecule has 1 aromatic rings. The van der Waals surface area contributed by atoms with Gasteiger partial charge in [0.25, 0.3) is 0 Å². The molecule has 0 radical (unpaired) electrons. The first-order valence-electron chi connectivity index (χ1n) is 5.39. The van der Waals surface area contributed by atoms with Gasteiger partial charge in [0.05, 0.1) is 12.1 Å². The molecule has 0 bridgehead atoms. The fraction of sp³-hybridized carbons (Fsp3) is 0.500. The number of hydrogen-bond acceptors (Lipinski definition) is 2. The molecular weight excluding hydrogens is 193 g/mol. The zero-order chi connectivity index (χ0) is 10.7. The van der Waals surface area contributed by atoms with E-state index < -0.39 is 5.54 Å². The first-order valence-corrected chi connectivity index (χ1v) is 5.39. The van der Waals surface area contributed by atoms with Gasteiger partial charge in [0.2, 0.25) is 0 Å². The van der Waals surface area contributed by atoms with Crippen LogP contribution in [0.5, 0.6) is 0 Å².